The van der Waals surface area contributed by atoms with E-state index in [9.17, 15) is 4.79 Å². The van der Waals surface area contributed by atoms with Gasteiger partial charge in [0.05, 0.1) is 18.2 Å². The molecule has 0 aromatic carbocycles. The Kier molecular flexibility index (Phi) is 6.41. The minimum atomic E-state index is -0.728. The second-order valence-corrected chi connectivity index (χ2v) is 12.1. The highest BCUT2D eigenvalue weighted by Gasteiger charge is 2.45. The number of halogens is 2. The lowest BCUT2D eigenvalue weighted by Gasteiger charge is -2.43. The number of anilines is 1. The molecule has 6 rings (SSSR count). The number of hydrogen-bond donors (Lipinski definition) is 0. The van der Waals surface area contributed by atoms with Crippen LogP contribution in [0.4, 0.5) is 15.0 Å². The first-order chi connectivity index (χ1) is 18.1. The number of aromatic nitrogens is 3. The number of fused-ring (bicyclic) bond motifs is 3. The molecule has 0 radical (unpaired) electrons. The Morgan fingerprint density at radius 2 is 1.92 bits per heavy atom. The van der Waals surface area contributed by atoms with Gasteiger partial charge in [-0.3, -0.25) is 4.90 Å². The third-order valence-electron chi connectivity index (χ3n) is 8.05. The Morgan fingerprint density at radius 3 is 2.66 bits per heavy atom. The molecule has 0 bridgehead atoms. The largest absolute Gasteiger partial charge is 0.477 e. The van der Waals surface area contributed by atoms with Crippen molar-refractivity contribution in [3.8, 4) is 11.9 Å². The highest BCUT2D eigenvalue weighted by atomic mass is 35.5. The lowest BCUT2D eigenvalue weighted by molar-refractivity contribution is 0.0207. The quantitative estimate of drug-likeness (QED) is 0.527. The van der Waals surface area contributed by atoms with Gasteiger partial charge in [0.15, 0.2) is 11.0 Å². The summed E-state index contributed by atoms with van der Waals surface area (Å²) in [6, 6.07) is -0.00510. The molecule has 12 heteroatoms. The van der Waals surface area contributed by atoms with E-state index in [-0.39, 0.29) is 40.2 Å². The molecule has 1 unspecified atom stereocenters. The SMILES string of the molecule is CC(C)(C)OC(=O)N1CCN2c3nc(OCC45CCCN4CCC5)nc4c(F)c(Cl)nc(c34)OCCC2C1. The summed E-state index contributed by atoms with van der Waals surface area (Å²) in [6.07, 6.45) is 4.69. The van der Waals surface area contributed by atoms with Gasteiger partial charge < -0.3 is 24.0 Å². The Labute approximate surface area is 226 Å². The Morgan fingerprint density at radius 1 is 1.16 bits per heavy atom. The highest BCUT2D eigenvalue weighted by Crippen LogP contribution is 2.41. The summed E-state index contributed by atoms with van der Waals surface area (Å²) in [6.45, 7) is 9.83. The van der Waals surface area contributed by atoms with Gasteiger partial charge in [-0.05, 0) is 59.5 Å². The molecule has 3 fully saturated rings. The topological polar surface area (TPSA) is 93.2 Å². The van der Waals surface area contributed by atoms with Gasteiger partial charge in [-0.1, -0.05) is 11.6 Å². The minimum Gasteiger partial charge on any atom is -0.477 e. The van der Waals surface area contributed by atoms with Gasteiger partial charge in [0.1, 0.15) is 28.9 Å². The Hall–Kier alpha value is -2.66. The van der Waals surface area contributed by atoms with Gasteiger partial charge in [0.2, 0.25) is 5.88 Å². The zero-order valence-electron chi connectivity index (χ0n) is 22.1. The Bertz CT molecular complexity index is 1250. The number of piperazine rings is 1. The molecule has 0 aliphatic carbocycles. The number of carbonyl (C=O) groups is 1. The van der Waals surface area contributed by atoms with Crippen LogP contribution in [0.1, 0.15) is 52.9 Å². The summed E-state index contributed by atoms with van der Waals surface area (Å²) >= 11 is 6.15. The molecule has 6 heterocycles. The van der Waals surface area contributed by atoms with Crippen LogP contribution in [0.15, 0.2) is 0 Å². The zero-order valence-corrected chi connectivity index (χ0v) is 22.9. The fraction of sp³-hybridized carbons (Fsp3) is 0.692. The lowest BCUT2D eigenvalue weighted by Crippen LogP contribution is -2.56. The molecular weight excluding hydrogens is 515 g/mol. The monoisotopic (exact) mass is 548 g/mol. The number of hydrogen-bond acceptors (Lipinski definition) is 9. The van der Waals surface area contributed by atoms with Crippen molar-refractivity contribution < 1.29 is 23.4 Å². The third-order valence-corrected chi connectivity index (χ3v) is 8.30. The smallest absolute Gasteiger partial charge is 0.410 e. The molecule has 0 spiro atoms. The fourth-order valence-electron chi connectivity index (χ4n) is 6.28. The van der Waals surface area contributed by atoms with Crippen LogP contribution < -0.4 is 14.4 Å². The molecule has 2 aromatic rings. The summed E-state index contributed by atoms with van der Waals surface area (Å²) in [5.41, 5.74) is -0.561. The fourth-order valence-corrected chi connectivity index (χ4v) is 6.44. The van der Waals surface area contributed by atoms with E-state index < -0.39 is 11.4 Å². The van der Waals surface area contributed by atoms with E-state index >= 15 is 4.39 Å². The predicted molar refractivity (Wildman–Crippen MR) is 140 cm³/mol. The Balaban J connectivity index is 1.35. The van der Waals surface area contributed by atoms with Crippen molar-refractivity contribution >= 4 is 34.4 Å². The molecule has 0 saturated carbocycles. The first-order valence-corrected chi connectivity index (χ1v) is 13.8. The molecule has 2 aromatic heterocycles. The zero-order chi connectivity index (χ0) is 26.7. The maximum absolute atomic E-state index is 15.3. The standard InChI is InChI=1S/C26H34ClFN6O4/c1-25(2,3)38-24(35)32-11-12-34-16(14-32)6-13-36-22-17-19(18(28)20(27)30-22)29-23(31-21(17)34)37-15-26-7-4-9-33(26)10-5-8-26/h16H,4-15H2,1-3H3. The molecule has 1 atom stereocenters. The van der Waals surface area contributed by atoms with E-state index in [0.717, 1.165) is 38.8 Å². The van der Waals surface area contributed by atoms with Gasteiger partial charge in [0, 0.05) is 26.1 Å². The van der Waals surface area contributed by atoms with Gasteiger partial charge in [-0.2, -0.15) is 15.0 Å². The molecule has 38 heavy (non-hydrogen) atoms. The van der Waals surface area contributed by atoms with Crippen molar-refractivity contribution in [1.82, 2.24) is 24.8 Å². The average Bonchev–Trinajstić information content (AvgIpc) is 3.43. The van der Waals surface area contributed by atoms with E-state index in [0.29, 0.717) is 50.5 Å². The van der Waals surface area contributed by atoms with Crippen molar-refractivity contribution in [1.29, 1.82) is 0 Å². The van der Waals surface area contributed by atoms with Crippen molar-refractivity contribution in [2.75, 3.05) is 50.8 Å². The molecule has 206 valence electrons. The number of pyridine rings is 1. The number of amides is 1. The van der Waals surface area contributed by atoms with E-state index in [2.05, 4.69) is 19.8 Å². The van der Waals surface area contributed by atoms with Crippen LogP contribution in [0, 0.1) is 5.82 Å². The summed E-state index contributed by atoms with van der Waals surface area (Å²) in [5.74, 6) is -0.0327. The van der Waals surface area contributed by atoms with Crippen molar-refractivity contribution in [2.24, 2.45) is 0 Å². The van der Waals surface area contributed by atoms with Gasteiger partial charge in [-0.15, -0.1) is 0 Å². The van der Waals surface area contributed by atoms with Crippen LogP contribution in [0.3, 0.4) is 0 Å². The van der Waals surface area contributed by atoms with Crippen LogP contribution in [0.2, 0.25) is 5.15 Å². The van der Waals surface area contributed by atoms with E-state index in [4.69, 9.17) is 30.8 Å². The van der Waals surface area contributed by atoms with Crippen LogP contribution in [0.25, 0.3) is 10.9 Å². The van der Waals surface area contributed by atoms with Gasteiger partial charge >= 0.3 is 12.1 Å². The van der Waals surface area contributed by atoms with E-state index in [1.807, 2.05) is 20.8 Å². The molecular formula is C26H34ClFN6O4. The van der Waals surface area contributed by atoms with Crippen LogP contribution in [-0.4, -0.2) is 94.0 Å². The molecule has 4 aliphatic heterocycles. The van der Waals surface area contributed by atoms with E-state index in [1.165, 1.54) is 0 Å². The second-order valence-electron chi connectivity index (χ2n) is 11.7. The third kappa shape index (κ3) is 4.57. The maximum Gasteiger partial charge on any atom is 0.410 e. The molecule has 1 amide bonds. The number of ether oxygens (including phenoxy) is 3. The summed E-state index contributed by atoms with van der Waals surface area (Å²) in [4.78, 5) is 32.5. The number of nitrogens with zero attached hydrogens (tertiary/aromatic N) is 6. The molecule has 0 N–H and O–H groups in total. The lowest BCUT2D eigenvalue weighted by atomic mass is 9.95. The van der Waals surface area contributed by atoms with Crippen molar-refractivity contribution in [2.45, 2.75) is 70.1 Å². The predicted octanol–water partition coefficient (Wildman–Crippen LogP) is 4.03. The van der Waals surface area contributed by atoms with Gasteiger partial charge in [0.25, 0.3) is 0 Å². The molecule has 4 aliphatic rings. The molecule has 3 saturated heterocycles. The number of rotatable bonds is 3. The van der Waals surface area contributed by atoms with Crippen molar-refractivity contribution in [3.63, 3.8) is 0 Å². The van der Waals surface area contributed by atoms with Crippen LogP contribution >= 0.6 is 11.6 Å². The van der Waals surface area contributed by atoms with E-state index in [1.54, 1.807) is 4.90 Å². The van der Waals surface area contributed by atoms with Crippen molar-refractivity contribution in [3.05, 3.63) is 11.0 Å². The summed E-state index contributed by atoms with van der Waals surface area (Å²) < 4.78 is 33.1. The average molecular weight is 549 g/mol. The first-order valence-electron chi connectivity index (χ1n) is 13.5. The summed E-state index contributed by atoms with van der Waals surface area (Å²) in [5, 5.41) is 0.0718. The minimum absolute atomic E-state index is 0.00575. The van der Waals surface area contributed by atoms with Crippen LogP contribution in [-0.2, 0) is 4.74 Å². The van der Waals surface area contributed by atoms with Gasteiger partial charge in [-0.25, -0.2) is 9.18 Å². The maximum atomic E-state index is 15.3. The first kappa shape index (κ1) is 25.6. The second kappa shape index (κ2) is 9.51. The number of carbonyl (C=O) groups excluding carboxylic acids is 1. The van der Waals surface area contributed by atoms with Crippen LogP contribution in [0.5, 0.6) is 11.9 Å². The molecule has 10 nitrogen and oxygen atoms in total. The summed E-state index contributed by atoms with van der Waals surface area (Å²) in [7, 11) is 0. The normalized spacial score (nSPS) is 22.9. The highest BCUT2D eigenvalue weighted by molar-refractivity contribution is 6.30.